The van der Waals surface area contributed by atoms with E-state index in [-0.39, 0.29) is 11.6 Å². The van der Waals surface area contributed by atoms with Crippen molar-refractivity contribution >= 4 is 5.65 Å². The molecule has 0 atom stereocenters. The molecular formula is C54H32F2N4. The average molecular weight is 775 g/mol. The molecule has 0 aliphatic heterocycles. The van der Waals surface area contributed by atoms with Crippen molar-refractivity contribution in [1.29, 1.82) is 0 Å². The SMILES string of the molecule is Fc1ccc2c(c1)C1(c3ccccc3-c3ccc(-c4cc(-c5ccccc5)nc(-c5cccc(-c6nc7ccccn7c6-c6ccccc6)c5)n4)cc31)c1cc(F)ccc1-2. The Morgan fingerprint density at radius 2 is 0.950 bits per heavy atom. The predicted octanol–water partition coefficient (Wildman–Crippen LogP) is 13.1. The largest absolute Gasteiger partial charge is 0.299 e. The molecule has 2 aliphatic rings. The third-order valence-electron chi connectivity index (χ3n) is 12.2. The fraction of sp³-hybridized carbons (Fsp3) is 0.0185. The van der Waals surface area contributed by atoms with Crippen molar-refractivity contribution in [1.82, 2.24) is 19.4 Å². The van der Waals surface area contributed by atoms with Gasteiger partial charge in [-0.05, 0) is 99.1 Å². The predicted molar refractivity (Wildman–Crippen MR) is 234 cm³/mol. The van der Waals surface area contributed by atoms with Gasteiger partial charge < -0.3 is 0 Å². The molecular weight excluding hydrogens is 743 g/mol. The molecule has 0 radical (unpaired) electrons. The van der Waals surface area contributed by atoms with Crippen molar-refractivity contribution < 1.29 is 8.78 Å². The van der Waals surface area contributed by atoms with Gasteiger partial charge in [-0.25, -0.2) is 23.7 Å². The van der Waals surface area contributed by atoms with Crippen molar-refractivity contribution in [3.8, 4) is 78.7 Å². The van der Waals surface area contributed by atoms with Gasteiger partial charge in [-0.1, -0.05) is 133 Å². The zero-order valence-electron chi connectivity index (χ0n) is 32.0. The lowest BCUT2D eigenvalue weighted by Gasteiger charge is -2.30. The second kappa shape index (κ2) is 13.1. The Labute approximate surface area is 344 Å². The molecule has 0 fully saturated rings. The van der Waals surface area contributed by atoms with Crippen LogP contribution in [0.3, 0.4) is 0 Å². The number of aromatic nitrogens is 4. The van der Waals surface area contributed by atoms with Gasteiger partial charge in [0.1, 0.15) is 17.3 Å². The van der Waals surface area contributed by atoms with E-state index in [2.05, 4.69) is 71.1 Å². The van der Waals surface area contributed by atoms with Crippen LogP contribution in [-0.4, -0.2) is 19.4 Å². The molecule has 3 heterocycles. The van der Waals surface area contributed by atoms with E-state index < -0.39 is 5.41 Å². The monoisotopic (exact) mass is 774 g/mol. The highest BCUT2D eigenvalue weighted by atomic mass is 19.1. The number of benzene rings is 7. The van der Waals surface area contributed by atoms with Crippen LogP contribution in [-0.2, 0) is 5.41 Å². The minimum atomic E-state index is -0.937. The van der Waals surface area contributed by atoms with Crippen LogP contribution >= 0.6 is 0 Å². The molecule has 0 amide bonds. The second-order valence-corrected chi connectivity index (χ2v) is 15.4. The van der Waals surface area contributed by atoms with Gasteiger partial charge in [-0.3, -0.25) is 4.40 Å². The molecule has 0 unspecified atom stereocenters. The van der Waals surface area contributed by atoms with E-state index in [0.29, 0.717) is 5.82 Å². The highest BCUT2D eigenvalue weighted by Gasteiger charge is 2.52. The Hall–Kier alpha value is -7.83. The summed E-state index contributed by atoms with van der Waals surface area (Å²) in [7, 11) is 0. The second-order valence-electron chi connectivity index (χ2n) is 15.4. The maximum atomic E-state index is 15.4. The third kappa shape index (κ3) is 5.04. The summed E-state index contributed by atoms with van der Waals surface area (Å²) in [5.41, 5.74) is 15.4. The zero-order valence-corrected chi connectivity index (χ0v) is 32.0. The van der Waals surface area contributed by atoms with E-state index in [9.17, 15) is 0 Å². The van der Waals surface area contributed by atoms with Crippen LogP contribution in [0.1, 0.15) is 22.3 Å². The molecule has 282 valence electrons. The minimum Gasteiger partial charge on any atom is -0.299 e. The van der Waals surface area contributed by atoms with Gasteiger partial charge >= 0.3 is 0 Å². The highest BCUT2D eigenvalue weighted by molar-refractivity contribution is 5.96. The van der Waals surface area contributed by atoms with E-state index in [1.807, 2.05) is 103 Å². The van der Waals surface area contributed by atoms with Crippen molar-refractivity contribution in [2.24, 2.45) is 0 Å². The molecule has 12 rings (SSSR count). The van der Waals surface area contributed by atoms with E-state index >= 15 is 8.78 Å². The molecule has 0 saturated carbocycles. The first kappa shape index (κ1) is 34.2. The number of rotatable bonds is 5. The molecule has 0 saturated heterocycles. The summed E-state index contributed by atoms with van der Waals surface area (Å²) in [4.78, 5) is 15.6. The summed E-state index contributed by atoms with van der Waals surface area (Å²) < 4.78 is 33.0. The van der Waals surface area contributed by atoms with Crippen LogP contribution in [0, 0.1) is 11.6 Å². The number of imidazole rings is 1. The van der Waals surface area contributed by atoms with Crippen LogP contribution in [0.25, 0.3) is 84.3 Å². The summed E-state index contributed by atoms with van der Waals surface area (Å²) in [5, 5.41) is 0. The van der Waals surface area contributed by atoms with Crippen LogP contribution < -0.4 is 0 Å². The van der Waals surface area contributed by atoms with Crippen LogP contribution in [0.4, 0.5) is 8.78 Å². The molecule has 1 spiro atoms. The standard InChI is InChI=1S/C54H32F2N4/c55-38-22-25-42-43-26-23-39(56)31-47(43)54(46(42)30-38)44-19-8-7-18-40(44)41-24-21-35(29-45(41)54)49-32-48(33-12-3-1-4-13-33)57-53(58-49)37-17-11-16-36(28-37)51-52(34-14-5-2-6-15-34)60-27-10-9-20-50(60)59-51/h1-32H. The minimum absolute atomic E-state index is 0.335. The number of pyridine rings is 1. The molecule has 3 aromatic heterocycles. The maximum absolute atomic E-state index is 15.4. The fourth-order valence-electron chi connectivity index (χ4n) is 9.64. The molecule has 0 N–H and O–H groups in total. The third-order valence-corrected chi connectivity index (χ3v) is 12.2. The fourth-order valence-corrected chi connectivity index (χ4v) is 9.64. The van der Waals surface area contributed by atoms with Crippen LogP contribution in [0.15, 0.2) is 194 Å². The van der Waals surface area contributed by atoms with Crippen molar-refractivity contribution in [3.63, 3.8) is 0 Å². The topological polar surface area (TPSA) is 43.1 Å². The Morgan fingerprint density at radius 3 is 1.68 bits per heavy atom. The lowest BCUT2D eigenvalue weighted by atomic mass is 9.70. The quantitative estimate of drug-likeness (QED) is 0.175. The van der Waals surface area contributed by atoms with Gasteiger partial charge in [-0.15, -0.1) is 0 Å². The van der Waals surface area contributed by atoms with Gasteiger partial charge in [-0.2, -0.15) is 0 Å². The Balaban J connectivity index is 1.07. The molecule has 2 aliphatic carbocycles. The summed E-state index contributed by atoms with van der Waals surface area (Å²) >= 11 is 0. The number of halogens is 2. The Kier molecular flexibility index (Phi) is 7.47. The number of nitrogens with zero attached hydrogens (tertiary/aromatic N) is 4. The van der Waals surface area contributed by atoms with Crippen LogP contribution in [0.5, 0.6) is 0 Å². The smallest absolute Gasteiger partial charge is 0.160 e. The molecule has 4 nitrogen and oxygen atoms in total. The van der Waals surface area contributed by atoms with E-state index in [4.69, 9.17) is 15.0 Å². The Morgan fingerprint density at radius 1 is 0.383 bits per heavy atom. The van der Waals surface area contributed by atoms with Gasteiger partial charge in [0, 0.05) is 34.0 Å². The number of hydrogen-bond donors (Lipinski definition) is 0. The maximum Gasteiger partial charge on any atom is 0.160 e. The molecule has 0 bridgehead atoms. The summed E-state index contributed by atoms with van der Waals surface area (Å²) in [6, 6.07) is 61.3. The summed E-state index contributed by atoms with van der Waals surface area (Å²) in [5.74, 6) is -0.103. The first-order valence-electron chi connectivity index (χ1n) is 20.0. The van der Waals surface area contributed by atoms with E-state index in [1.54, 1.807) is 12.1 Å². The van der Waals surface area contributed by atoms with Gasteiger partial charge in [0.15, 0.2) is 5.82 Å². The van der Waals surface area contributed by atoms with Crippen molar-refractivity contribution in [2.45, 2.75) is 5.41 Å². The molecule has 60 heavy (non-hydrogen) atoms. The lowest BCUT2D eigenvalue weighted by molar-refractivity contribution is 0.618. The normalized spacial score (nSPS) is 13.0. The Bertz CT molecular complexity index is 3300. The van der Waals surface area contributed by atoms with E-state index in [0.717, 1.165) is 101 Å². The highest BCUT2D eigenvalue weighted by Crippen LogP contribution is 2.63. The van der Waals surface area contributed by atoms with Crippen LogP contribution in [0.2, 0.25) is 0 Å². The molecule has 6 heteroatoms. The van der Waals surface area contributed by atoms with Gasteiger partial charge in [0.25, 0.3) is 0 Å². The van der Waals surface area contributed by atoms with Gasteiger partial charge in [0.2, 0.25) is 0 Å². The molecule has 7 aromatic carbocycles. The van der Waals surface area contributed by atoms with Crippen molar-refractivity contribution in [3.05, 3.63) is 228 Å². The lowest BCUT2D eigenvalue weighted by Crippen LogP contribution is -2.26. The first-order chi connectivity index (χ1) is 29.5. The van der Waals surface area contributed by atoms with E-state index in [1.165, 1.54) is 12.1 Å². The average Bonchev–Trinajstić information content (AvgIpc) is 3.93. The number of fused-ring (bicyclic) bond motifs is 11. The van der Waals surface area contributed by atoms with Gasteiger partial charge in [0.05, 0.1) is 28.2 Å². The summed E-state index contributed by atoms with van der Waals surface area (Å²) in [6.45, 7) is 0. The zero-order chi connectivity index (χ0) is 40.0. The number of hydrogen-bond acceptors (Lipinski definition) is 3. The first-order valence-corrected chi connectivity index (χ1v) is 20.0. The van der Waals surface area contributed by atoms with Crippen molar-refractivity contribution in [2.75, 3.05) is 0 Å². The molecule has 10 aromatic rings. The summed E-state index contributed by atoms with van der Waals surface area (Å²) in [6.07, 6.45) is 2.05.